The zero-order chi connectivity index (χ0) is 10.5. The van der Waals surface area contributed by atoms with E-state index in [2.05, 4.69) is 12.2 Å². The van der Waals surface area contributed by atoms with Crippen molar-refractivity contribution in [3.05, 3.63) is 0 Å². The molecule has 2 aliphatic rings. The van der Waals surface area contributed by atoms with Gasteiger partial charge in [-0.15, -0.1) is 0 Å². The summed E-state index contributed by atoms with van der Waals surface area (Å²) < 4.78 is 0. The molecule has 15 heavy (non-hydrogen) atoms. The molecule has 0 amide bonds. The van der Waals surface area contributed by atoms with Gasteiger partial charge in [-0.2, -0.15) is 0 Å². The van der Waals surface area contributed by atoms with Crippen LogP contribution >= 0.6 is 0 Å². The van der Waals surface area contributed by atoms with Crippen LogP contribution in [0.3, 0.4) is 0 Å². The minimum atomic E-state index is 0.993. The second-order valence-corrected chi connectivity index (χ2v) is 5.73. The third kappa shape index (κ3) is 4.14. The molecule has 0 aromatic heterocycles. The second kappa shape index (κ2) is 5.89. The first kappa shape index (κ1) is 11.4. The monoisotopic (exact) mass is 209 g/mol. The molecule has 88 valence electrons. The fraction of sp³-hybridized carbons (Fsp3) is 1.00. The molecule has 0 aromatic carbocycles. The van der Waals surface area contributed by atoms with Gasteiger partial charge in [0.15, 0.2) is 0 Å². The number of hydrogen-bond donors (Lipinski definition) is 1. The Balaban J connectivity index is 1.48. The molecule has 0 atom stereocenters. The molecule has 0 radical (unpaired) electrons. The van der Waals surface area contributed by atoms with Crippen molar-refractivity contribution < 1.29 is 0 Å². The molecule has 1 N–H and O–H groups in total. The second-order valence-electron chi connectivity index (χ2n) is 5.73. The first-order valence-electron chi connectivity index (χ1n) is 7.09. The van der Waals surface area contributed by atoms with Crippen LogP contribution in [0.5, 0.6) is 0 Å². The fourth-order valence-electron chi connectivity index (χ4n) is 2.86. The van der Waals surface area contributed by atoms with Crippen LogP contribution in [0, 0.1) is 17.8 Å². The van der Waals surface area contributed by atoms with E-state index < -0.39 is 0 Å². The van der Waals surface area contributed by atoms with Crippen LogP contribution in [0.25, 0.3) is 0 Å². The molecule has 1 heteroatoms. The molecule has 2 fully saturated rings. The summed E-state index contributed by atoms with van der Waals surface area (Å²) in [5, 5.41) is 3.66. The third-order valence-electron chi connectivity index (χ3n) is 4.40. The topological polar surface area (TPSA) is 12.0 Å². The Kier molecular flexibility index (Phi) is 4.49. The zero-order valence-electron chi connectivity index (χ0n) is 10.3. The molecular formula is C14H27N. The van der Waals surface area contributed by atoms with Crippen molar-refractivity contribution in [1.29, 1.82) is 0 Å². The Bertz CT molecular complexity index is 166. The molecule has 0 aliphatic heterocycles. The summed E-state index contributed by atoms with van der Waals surface area (Å²) >= 11 is 0. The van der Waals surface area contributed by atoms with Gasteiger partial charge in [0.05, 0.1) is 0 Å². The highest BCUT2D eigenvalue weighted by Gasteiger charge is 2.21. The largest absolute Gasteiger partial charge is 0.316 e. The third-order valence-corrected chi connectivity index (χ3v) is 4.40. The summed E-state index contributed by atoms with van der Waals surface area (Å²) in [4.78, 5) is 0. The molecule has 2 saturated carbocycles. The molecule has 0 unspecified atom stereocenters. The molecule has 0 heterocycles. The van der Waals surface area contributed by atoms with Gasteiger partial charge in [0, 0.05) is 0 Å². The van der Waals surface area contributed by atoms with Gasteiger partial charge in [0.2, 0.25) is 0 Å². The first-order valence-corrected chi connectivity index (χ1v) is 7.09. The Morgan fingerprint density at radius 3 is 2.07 bits per heavy atom. The van der Waals surface area contributed by atoms with Gasteiger partial charge >= 0.3 is 0 Å². The van der Waals surface area contributed by atoms with E-state index in [-0.39, 0.29) is 0 Å². The minimum Gasteiger partial charge on any atom is -0.316 e. The van der Waals surface area contributed by atoms with Gasteiger partial charge in [-0.1, -0.05) is 39.0 Å². The van der Waals surface area contributed by atoms with E-state index in [0.29, 0.717) is 0 Å². The lowest BCUT2D eigenvalue weighted by molar-refractivity contribution is 0.262. The lowest BCUT2D eigenvalue weighted by Crippen LogP contribution is -2.27. The number of nitrogens with one attached hydrogen (secondary N) is 1. The van der Waals surface area contributed by atoms with E-state index in [1.807, 2.05) is 0 Å². The van der Waals surface area contributed by atoms with Crippen LogP contribution in [-0.4, -0.2) is 13.1 Å². The Morgan fingerprint density at radius 1 is 0.867 bits per heavy atom. The fourth-order valence-corrected chi connectivity index (χ4v) is 2.86. The summed E-state index contributed by atoms with van der Waals surface area (Å²) in [6.07, 6.45) is 11.8. The number of hydrogen-bond acceptors (Lipinski definition) is 1. The molecule has 1 nitrogen and oxygen atoms in total. The van der Waals surface area contributed by atoms with Crippen molar-refractivity contribution in [2.75, 3.05) is 13.1 Å². The highest BCUT2D eigenvalue weighted by molar-refractivity contribution is 4.76. The zero-order valence-corrected chi connectivity index (χ0v) is 10.3. The van der Waals surface area contributed by atoms with Gasteiger partial charge < -0.3 is 5.32 Å². The van der Waals surface area contributed by atoms with Gasteiger partial charge in [0.1, 0.15) is 0 Å². The summed E-state index contributed by atoms with van der Waals surface area (Å²) in [6.45, 7) is 4.92. The smallest absolute Gasteiger partial charge is 0.00205 e. The van der Waals surface area contributed by atoms with Crippen LogP contribution in [0.1, 0.15) is 58.3 Å². The minimum absolute atomic E-state index is 0.993. The Hall–Kier alpha value is -0.0400. The lowest BCUT2D eigenvalue weighted by Gasteiger charge is -2.27. The van der Waals surface area contributed by atoms with E-state index in [0.717, 1.165) is 17.8 Å². The first-order chi connectivity index (χ1) is 7.38. The molecule has 0 saturated heterocycles. The molecular weight excluding hydrogens is 182 g/mol. The highest BCUT2D eigenvalue weighted by Crippen LogP contribution is 2.32. The lowest BCUT2D eigenvalue weighted by atomic mass is 9.81. The van der Waals surface area contributed by atoms with Gasteiger partial charge in [-0.05, 0) is 50.1 Å². The van der Waals surface area contributed by atoms with Crippen LogP contribution in [0.4, 0.5) is 0 Å². The Morgan fingerprint density at radius 2 is 1.47 bits per heavy atom. The average molecular weight is 209 g/mol. The van der Waals surface area contributed by atoms with Crippen LogP contribution in [0.2, 0.25) is 0 Å². The summed E-state index contributed by atoms with van der Waals surface area (Å²) in [5.74, 6) is 3.13. The van der Waals surface area contributed by atoms with Crippen molar-refractivity contribution in [3.63, 3.8) is 0 Å². The molecule has 0 spiro atoms. The van der Waals surface area contributed by atoms with Crippen LogP contribution in [-0.2, 0) is 0 Å². The van der Waals surface area contributed by atoms with Gasteiger partial charge in [-0.25, -0.2) is 0 Å². The van der Waals surface area contributed by atoms with Crippen molar-refractivity contribution in [2.24, 2.45) is 17.8 Å². The van der Waals surface area contributed by atoms with Crippen molar-refractivity contribution in [3.8, 4) is 0 Å². The van der Waals surface area contributed by atoms with E-state index in [9.17, 15) is 0 Å². The van der Waals surface area contributed by atoms with Crippen LogP contribution < -0.4 is 5.32 Å². The quantitative estimate of drug-likeness (QED) is 0.659. The Labute approximate surface area is 95.0 Å². The summed E-state index contributed by atoms with van der Waals surface area (Å²) in [7, 11) is 0. The average Bonchev–Trinajstić information content (AvgIpc) is 3.09. The molecule has 2 rings (SSSR count). The predicted molar refractivity (Wildman–Crippen MR) is 65.9 cm³/mol. The standard InChI is InChI=1S/C14H27N/c1-2-12-3-7-14(8-4-12)11-15-10-9-13-5-6-13/h12-15H,2-11H2,1H3. The predicted octanol–water partition coefficient (Wildman–Crippen LogP) is 3.59. The van der Waals surface area contributed by atoms with Gasteiger partial charge in [0.25, 0.3) is 0 Å². The van der Waals surface area contributed by atoms with Crippen molar-refractivity contribution in [1.82, 2.24) is 5.32 Å². The maximum atomic E-state index is 3.66. The maximum absolute atomic E-state index is 3.66. The van der Waals surface area contributed by atoms with Crippen molar-refractivity contribution >= 4 is 0 Å². The SMILES string of the molecule is CCC1CCC(CNCCC2CC2)CC1. The highest BCUT2D eigenvalue weighted by atomic mass is 14.9. The van der Waals surface area contributed by atoms with E-state index in [4.69, 9.17) is 0 Å². The number of rotatable bonds is 6. The van der Waals surface area contributed by atoms with Gasteiger partial charge in [-0.3, -0.25) is 0 Å². The summed E-state index contributed by atoms with van der Waals surface area (Å²) in [6, 6.07) is 0. The maximum Gasteiger partial charge on any atom is -0.00205 e. The summed E-state index contributed by atoms with van der Waals surface area (Å²) in [5.41, 5.74) is 0. The van der Waals surface area contributed by atoms with E-state index >= 15 is 0 Å². The van der Waals surface area contributed by atoms with Crippen LogP contribution in [0.15, 0.2) is 0 Å². The molecule has 0 aromatic rings. The van der Waals surface area contributed by atoms with E-state index in [1.165, 1.54) is 64.5 Å². The van der Waals surface area contributed by atoms with E-state index in [1.54, 1.807) is 0 Å². The molecule has 0 bridgehead atoms. The molecule has 2 aliphatic carbocycles. The van der Waals surface area contributed by atoms with Crippen molar-refractivity contribution in [2.45, 2.75) is 58.3 Å². The normalized spacial score (nSPS) is 31.8.